The van der Waals surface area contributed by atoms with Crippen LogP contribution in [0.5, 0.6) is 0 Å². The summed E-state index contributed by atoms with van der Waals surface area (Å²) >= 11 is 0. The molecular formula is C13H17NO4. The van der Waals surface area contributed by atoms with Gasteiger partial charge in [-0.25, -0.2) is 0 Å². The maximum absolute atomic E-state index is 10.6. The summed E-state index contributed by atoms with van der Waals surface area (Å²) in [5.41, 5.74) is 6.45. The zero-order valence-corrected chi connectivity index (χ0v) is 9.76. The summed E-state index contributed by atoms with van der Waals surface area (Å²) in [6.07, 6.45) is 0.361. The molecule has 0 aliphatic heterocycles. The van der Waals surface area contributed by atoms with Gasteiger partial charge in [0, 0.05) is 0 Å². The van der Waals surface area contributed by atoms with Crippen LogP contribution in [-0.4, -0.2) is 28.1 Å². The summed E-state index contributed by atoms with van der Waals surface area (Å²) in [7, 11) is 0. The van der Waals surface area contributed by atoms with Gasteiger partial charge in [-0.1, -0.05) is 42.5 Å². The summed E-state index contributed by atoms with van der Waals surface area (Å²) in [5.74, 6) is -0.965. The van der Waals surface area contributed by atoms with Gasteiger partial charge < -0.3 is 21.8 Å². The second-order valence-electron chi connectivity index (χ2n) is 3.83. The molecule has 0 spiro atoms. The van der Waals surface area contributed by atoms with Gasteiger partial charge in [-0.2, -0.15) is 0 Å². The number of hydrogen-bond acceptors (Lipinski definition) is 2. The van der Waals surface area contributed by atoms with Gasteiger partial charge in [0.05, 0.1) is 0 Å². The van der Waals surface area contributed by atoms with E-state index in [1.807, 2.05) is 42.5 Å². The lowest BCUT2D eigenvalue weighted by Crippen LogP contribution is -2.32. The molecule has 2 aromatic carbocycles. The van der Waals surface area contributed by atoms with E-state index >= 15 is 0 Å². The maximum Gasteiger partial charge on any atom is 0.320 e. The van der Waals surface area contributed by atoms with Gasteiger partial charge in [0.25, 0.3) is 0 Å². The standard InChI is InChI=1S/C13H13NO2.2H2O/c14-12(13(15)16)8-9-5-6-10-3-1-2-4-11(10)7-9;;/h1-7,12H,8,14H2,(H,15,16);2*1H2/t12-;;/m0../s1. The zero-order chi connectivity index (χ0) is 11.5. The third-order valence-corrected chi connectivity index (χ3v) is 2.59. The van der Waals surface area contributed by atoms with E-state index in [4.69, 9.17) is 10.8 Å². The number of rotatable bonds is 3. The zero-order valence-electron chi connectivity index (χ0n) is 9.76. The van der Waals surface area contributed by atoms with E-state index in [-0.39, 0.29) is 11.0 Å². The normalized spacial score (nSPS) is 11.2. The number of benzene rings is 2. The van der Waals surface area contributed by atoms with E-state index in [1.54, 1.807) is 0 Å². The molecule has 0 aliphatic carbocycles. The van der Waals surface area contributed by atoms with Gasteiger partial charge >= 0.3 is 5.97 Å². The minimum Gasteiger partial charge on any atom is -0.480 e. The fraction of sp³-hybridized carbons (Fsp3) is 0.154. The molecule has 2 aromatic rings. The van der Waals surface area contributed by atoms with Crippen LogP contribution in [0.1, 0.15) is 5.56 Å². The highest BCUT2D eigenvalue weighted by Crippen LogP contribution is 2.16. The van der Waals surface area contributed by atoms with Crippen molar-refractivity contribution in [2.75, 3.05) is 0 Å². The summed E-state index contributed by atoms with van der Waals surface area (Å²) < 4.78 is 0. The first-order chi connectivity index (χ1) is 7.66. The molecule has 98 valence electrons. The Morgan fingerprint density at radius 2 is 1.72 bits per heavy atom. The fourth-order valence-electron chi connectivity index (χ4n) is 1.71. The summed E-state index contributed by atoms with van der Waals surface area (Å²) in [4.78, 5) is 10.6. The predicted octanol–water partition coefficient (Wildman–Crippen LogP) is 0.145. The molecule has 0 saturated carbocycles. The Morgan fingerprint density at radius 1 is 1.11 bits per heavy atom. The molecule has 0 heterocycles. The van der Waals surface area contributed by atoms with Crippen molar-refractivity contribution < 1.29 is 20.9 Å². The molecule has 0 bridgehead atoms. The molecule has 5 heteroatoms. The largest absolute Gasteiger partial charge is 0.480 e. The van der Waals surface area contributed by atoms with E-state index in [0.29, 0.717) is 6.42 Å². The second kappa shape index (κ2) is 6.70. The molecule has 18 heavy (non-hydrogen) atoms. The van der Waals surface area contributed by atoms with Gasteiger partial charge in [-0.15, -0.1) is 0 Å². The van der Waals surface area contributed by atoms with E-state index in [0.717, 1.165) is 16.3 Å². The first-order valence-corrected chi connectivity index (χ1v) is 5.13. The number of carbonyl (C=O) groups is 1. The molecule has 0 unspecified atom stereocenters. The third-order valence-electron chi connectivity index (χ3n) is 2.59. The van der Waals surface area contributed by atoms with Crippen LogP contribution >= 0.6 is 0 Å². The quantitative estimate of drug-likeness (QED) is 0.805. The predicted molar refractivity (Wildman–Crippen MR) is 70.5 cm³/mol. The first kappa shape index (κ1) is 16.1. The second-order valence-corrected chi connectivity index (χ2v) is 3.83. The molecule has 1 atom stereocenters. The molecule has 0 radical (unpaired) electrons. The Labute approximate surface area is 104 Å². The third kappa shape index (κ3) is 3.53. The molecule has 0 fully saturated rings. The van der Waals surface area contributed by atoms with Crippen LogP contribution in [-0.2, 0) is 11.2 Å². The summed E-state index contributed by atoms with van der Waals surface area (Å²) in [5, 5.41) is 11.0. The van der Waals surface area contributed by atoms with Crippen LogP contribution < -0.4 is 5.73 Å². The van der Waals surface area contributed by atoms with Crippen LogP contribution in [0.15, 0.2) is 42.5 Å². The first-order valence-electron chi connectivity index (χ1n) is 5.13. The highest BCUT2D eigenvalue weighted by atomic mass is 16.4. The molecule has 5 nitrogen and oxygen atoms in total. The van der Waals surface area contributed by atoms with Crippen molar-refractivity contribution in [1.82, 2.24) is 0 Å². The van der Waals surface area contributed by atoms with Crippen molar-refractivity contribution in [3.63, 3.8) is 0 Å². The molecule has 2 rings (SSSR count). The van der Waals surface area contributed by atoms with Gasteiger partial charge in [-0.05, 0) is 22.8 Å². The van der Waals surface area contributed by atoms with Gasteiger partial charge in [-0.3, -0.25) is 4.79 Å². The molecule has 0 aromatic heterocycles. The molecular weight excluding hydrogens is 234 g/mol. The fourth-order valence-corrected chi connectivity index (χ4v) is 1.71. The lowest BCUT2D eigenvalue weighted by Gasteiger charge is -2.07. The Hall–Kier alpha value is -1.95. The number of hydrogen-bond donors (Lipinski definition) is 2. The van der Waals surface area contributed by atoms with E-state index < -0.39 is 12.0 Å². The van der Waals surface area contributed by atoms with Crippen LogP contribution in [0, 0.1) is 0 Å². The highest BCUT2D eigenvalue weighted by molar-refractivity contribution is 5.83. The van der Waals surface area contributed by atoms with Crippen molar-refractivity contribution in [2.45, 2.75) is 12.5 Å². The topological polar surface area (TPSA) is 126 Å². The number of carboxylic acid groups (broad SMARTS) is 1. The summed E-state index contributed by atoms with van der Waals surface area (Å²) in [6.45, 7) is 0. The Kier molecular flexibility index (Phi) is 5.98. The number of carboxylic acids is 1. The van der Waals surface area contributed by atoms with Crippen molar-refractivity contribution in [1.29, 1.82) is 0 Å². The lowest BCUT2D eigenvalue weighted by molar-refractivity contribution is -0.138. The van der Waals surface area contributed by atoms with E-state index in [2.05, 4.69) is 0 Å². The van der Waals surface area contributed by atoms with Crippen LogP contribution in [0.2, 0.25) is 0 Å². The number of nitrogens with two attached hydrogens (primary N) is 1. The van der Waals surface area contributed by atoms with Crippen molar-refractivity contribution >= 4 is 16.7 Å². The number of aliphatic carboxylic acids is 1. The Bertz CT molecular complexity index is 527. The molecule has 7 N–H and O–H groups in total. The Balaban J connectivity index is 0.00000144. The van der Waals surface area contributed by atoms with Crippen molar-refractivity contribution in [3.8, 4) is 0 Å². The average molecular weight is 251 g/mol. The Morgan fingerprint density at radius 3 is 2.33 bits per heavy atom. The molecule has 0 aliphatic rings. The van der Waals surface area contributed by atoms with Crippen molar-refractivity contribution in [3.05, 3.63) is 48.0 Å². The SMILES string of the molecule is N[C@@H](Cc1ccc2ccccc2c1)C(=O)O.O.O. The van der Waals surface area contributed by atoms with Crippen molar-refractivity contribution in [2.24, 2.45) is 5.73 Å². The monoisotopic (exact) mass is 251 g/mol. The minimum atomic E-state index is -0.965. The lowest BCUT2D eigenvalue weighted by atomic mass is 10.0. The minimum absolute atomic E-state index is 0. The molecule has 0 amide bonds. The maximum atomic E-state index is 10.6. The van der Waals surface area contributed by atoms with Gasteiger partial charge in [0.2, 0.25) is 0 Å². The molecule has 0 saturated heterocycles. The van der Waals surface area contributed by atoms with Crippen LogP contribution in [0.25, 0.3) is 10.8 Å². The average Bonchev–Trinajstić information content (AvgIpc) is 2.28. The van der Waals surface area contributed by atoms with Crippen LogP contribution in [0.4, 0.5) is 0 Å². The van der Waals surface area contributed by atoms with Crippen LogP contribution in [0.3, 0.4) is 0 Å². The van der Waals surface area contributed by atoms with Gasteiger partial charge in [0.1, 0.15) is 6.04 Å². The van der Waals surface area contributed by atoms with E-state index in [9.17, 15) is 4.79 Å². The summed E-state index contributed by atoms with van der Waals surface area (Å²) in [6, 6.07) is 13.0. The smallest absolute Gasteiger partial charge is 0.320 e. The van der Waals surface area contributed by atoms with E-state index in [1.165, 1.54) is 0 Å². The van der Waals surface area contributed by atoms with Gasteiger partial charge in [0.15, 0.2) is 0 Å². The number of fused-ring (bicyclic) bond motifs is 1. The highest BCUT2D eigenvalue weighted by Gasteiger charge is 2.11.